The Morgan fingerprint density at radius 3 is 2.52 bits per heavy atom. The van der Waals surface area contributed by atoms with Crippen LogP contribution in [0.15, 0.2) is 93.9 Å². The third kappa shape index (κ3) is 5.40. The lowest BCUT2D eigenvalue weighted by atomic mass is 9.96. The van der Waals surface area contributed by atoms with Crippen molar-refractivity contribution < 1.29 is 14.3 Å². The van der Waals surface area contributed by atoms with Crippen molar-refractivity contribution in [2.75, 3.05) is 13.2 Å². The summed E-state index contributed by atoms with van der Waals surface area (Å²) in [6, 6.07) is 22.8. The predicted octanol–water partition coefficient (Wildman–Crippen LogP) is 6.16. The van der Waals surface area contributed by atoms with E-state index < -0.39 is 12.0 Å². The van der Waals surface area contributed by atoms with Crippen LogP contribution in [0.25, 0.3) is 17.0 Å². The van der Waals surface area contributed by atoms with Crippen LogP contribution in [0.4, 0.5) is 0 Å². The maximum atomic E-state index is 14.2. The monoisotopic (exact) mass is 625 g/mol. The molecule has 6 rings (SSSR count). The molecule has 2 aromatic heterocycles. The number of allylic oxidation sites excluding steroid dienone is 1. The van der Waals surface area contributed by atoms with E-state index in [0.29, 0.717) is 44.5 Å². The molecule has 0 saturated carbocycles. The average Bonchev–Trinajstić information content (AvgIpc) is 3.45. The summed E-state index contributed by atoms with van der Waals surface area (Å²) < 4.78 is 15.5. The van der Waals surface area contributed by atoms with Crippen LogP contribution < -0.4 is 19.6 Å². The number of ether oxygens (including phenoxy) is 2. The van der Waals surface area contributed by atoms with E-state index in [1.165, 1.54) is 11.3 Å². The number of carbonyl (C=O) groups excluding carboxylic acids is 1. The van der Waals surface area contributed by atoms with E-state index >= 15 is 0 Å². The SMILES string of the molecule is CCOC(=O)C1=C(C)N=c2s/c(=C\c3c(C)n(Cc4cccc(Cl)c4)c4ccccc34)c(=O)n2[C@@H]1c1ccc(OCC)cc1. The van der Waals surface area contributed by atoms with Crippen LogP contribution in [0.1, 0.15) is 49.2 Å². The predicted molar refractivity (Wildman–Crippen MR) is 175 cm³/mol. The number of hydrogen-bond donors (Lipinski definition) is 0. The summed E-state index contributed by atoms with van der Waals surface area (Å²) in [5.74, 6) is 0.230. The standard InChI is InChI=1S/C35H32ClN3O4S/c1-5-42-26-16-14-24(15-17-26)32-31(34(41)43-6-2)21(3)37-35-39(32)33(40)30(44-35)19-28-22(4)38(29-13-8-7-12-27(28)29)20-23-10-9-11-25(36)18-23/h7-19,32H,5-6,20H2,1-4H3/b30-19-/t32-/m1/s1. The summed E-state index contributed by atoms with van der Waals surface area (Å²) >= 11 is 7.61. The van der Waals surface area contributed by atoms with Crippen LogP contribution in [0.5, 0.6) is 5.75 Å². The molecular formula is C35H32ClN3O4S. The van der Waals surface area contributed by atoms with Crippen LogP contribution in [-0.2, 0) is 16.1 Å². The van der Waals surface area contributed by atoms with Crippen molar-refractivity contribution in [2.45, 2.75) is 40.3 Å². The van der Waals surface area contributed by atoms with Gasteiger partial charge in [0.2, 0.25) is 0 Å². The molecule has 0 aliphatic carbocycles. The molecule has 1 aliphatic rings. The molecule has 0 N–H and O–H groups in total. The van der Waals surface area contributed by atoms with Gasteiger partial charge >= 0.3 is 5.97 Å². The first-order valence-electron chi connectivity index (χ1n) is 14.5. The number of aromatic nitrogens is 2. The highest BCUT2D eigenvalue weighted by Crippen LogP contribution is 2.32. The second-order valence-electron chi connectivity index (χ2n) is 10.5. The third-order valence-electron chi connectivity index (χ3n) is 7.81. The summed E-state index contributed by atoms with van der Waals surface area (Å²) in [5, 5.41) is 1.74. The lowest BCUT2D eigenvalue weighted by molar-refractivity contribution is -0.139. The van der Waals surface area contributed by atoms with Crippen molar-refractivity contribution >= 4 is 45.9 Å². The van der Waals surface area contributed by atoms with Crippen LogP contribution in [0.2, 0.25) is 5.02 Å². The zero-order valence-electron chi connectivity index (χ0n) is 25.0. The summed E-state index contributed by atoms with van der Waals surface area (Å²) in [5.41, 5.74) is 5.59. The number of fused-ring (bicyclic) bond motifs is 2. The van der Waals surface area contributed by atoms with Crippen LogP contribution >= 0.6 is 22.9 Å². The van der Waals surface area contributed by atoms with Gasteiger partial charge in [0.05, 0.1) is 35.1 Å². The molecule has 0 unspecified atom stereocenters. The molecule has 0 radical (unpaired) electrons. The Bertz CT molecular complexity index is 2100. The maximum Gasteiger partial charge on any atom is 0.338 e. The second-order valence-corrected chi connectivity index (χ2v) is 12.0. The Morgan fingerprint density at radius 2 is 1.80 bits per heavy atom. The lowest BCUT2D eigenvalue weighted by Gasteiger charge is -2.24. The first-order valence-corrected chi connectivity index (χ1v) is 15.7. The van der Waals surface area contributed by atoms with E-state index in [-0.39, 0.29) is 12.2 Å². The van der Waals surface area contributed by atoms with E-state index in [1.54, 1.807) is 18.4 Å². The summed E-state index contributed by atoms with van der Waals surface area (Å²) in [4.78, 5) is 32.8. The molecule has 9 heteroatoms. The molecular weight excluding hydrogens is 594 g/mol. The highest BCUT2D eigenvalue weighted by Gasteiger charge is 2.33. The fraction of sp³-hybridized carbons (Fsp3) is 0.229. The van der Waals surface area contributed by atoms with Gasteiger partial charge in [-0.05, 0) is 75.2 Å². The first-order chi connectivity index (χ1) is 21.3. The van der Waals surface area contributed by atoms with Gasteiger partial charge in [0.1, 0.15) is 5.75 Å². The van der Waals surface area contributed by atoms with E-state index in [9.17, 15) is 9.59 Å². The molecule has 224 valence electrons. The first kappa shape index (κ1) is 29.7. The van der Waals surface area contributed by atoms with Crippen molar-refractivity contribution in [3.05, 3.63) is 131 Å². The summed E-state index contributed by atoms with van der Waals surface area (Å²) in [6.07, 6.45) is 1.95. The molecule has 7 nitrogen and oxygen atoms in total. The molecule has 3 heterocycles. The van der Waals surface area contributed by atoms with Gasteiger partial charge in [-0.15, -0.1) is 0 Å². The summed E-state index contributed by atoms with van der Waals surface area (Å²) in [6.45, 7) is 8.94. The Hall–Kier alpha value is -4.40. The Labute approximate surface area is 264 Å². The maximum absolute atomic E-state index is 14.2. The molecule has 44 heavy (non-hydrogen) atoms. The van der Waals surface area contributed by atoms with E-state index in [1.807, 2.05) is 67.6 Å². The van der Waals surface area contributed by atoms with E-state index in [2.05, 4.69) is 29.7 Å². The minimum absolute atomic E-state index is 0.215. The molecule has 0 amide bonds. The van der Waals surface area contributed by atoms with Crippen molar-refractivity contribution in [1.29, 1.82) is 0 Å². The highest BCUT2D eigenvalue weighted by atomic mass is 35.5. The lowest BCUT2D eigenvalue weighted by Crippen LogP contribution is -2.39. The topological polar surface area (TPSA) is 74.8 Å². The summed E-state index contributed by atoms with van der Waals surface area (Å²) in [7, 11) is 0. The van der Waals surface area contributed by atoms with Gasteiger partial charge in [0, 0.05) is 33.7 Å². The quantitative estimate of drug-likeness (QED) is 0.194. The Balaban J connectivity index is 1.53. The van der Waals surface area contributed by atoms with Crippen molar-refractivity contribution in [2.24, 2.45) is 4.99 Å². The van der Waals surface area contributed by atoms with Crippen LogP contribution in [0, 0.1) is 6.92 Å². The fourth-order valence-electron chi connectivity index (χ4n) is 5.81. The molecule has 0 saturated heterocycles. The molecule has 0 bridgehead atoms. The van der Waals surface area contributed by atoms with Crippen LogP contribution in [-0.4, -0.2) is 28.3 Å². The molecule has 5 aromatic rings. The zero-order chi connectivity index (χ0) is 31.0. The van der Waals surface area contributed by atoms with Gasteiger partial charge in [-0.1, -0.05) is 65.4 Å². The zero-order valence-corrected chi connectivity index (χ0v) is 26.5. The number of rotatable bonds is 8. The van der Waals surface area contributed by atoms with Crippen molar-refractivity contribution in [3.8, 4) is 5.75 Å². The van der Waals surface area contributed by atoms with Gasteiger partial charge in [0.25, 0.3) is 5.56 Å². The van der Waals surface area contributed by atoms with Gasteiger partial charge in [-0.2, -0.15) is 0 Å². The van der Waals surface area contributed by atoms with Gasteiger partial charge < -0.3 is 14.0 Å². The third-order valence-corrected chi connectivity index (χ3v) is 9.03. The Morgan fingerprint density at radius 1 is 1.02 bits per heavy atom. The van der Waals surface area contributed by atoms with Crippen LogP contribution in [0.3, 0.4) is 0 Å². The van der Waals surface area contributed by atoms with Crippen molar-refractivity contribution in [1.82, 2.24) is 9.13 Å². The van der Waals surface area contributed by atoms with Gasteiger partial charge in [-0.3, -0.25) is 9.36 Å². The fourth-order valence-corrected chi connectivity index (χ4v) is 7.05. The molecule has 1 aliphatic heterocycles. The number of hydrogen-bond acceptors (Lipinski definition) is 6. The number of carbonyl (C=O) groups is 1. The molecule has 0 fully saturated rings. The largest absolute Gasteiger partial charge is 0.494 e. The Kier molecular flexibility index (Phi) is 8.29. The number of nitrogens with zero attached hydrogens (tertiary/aromatic N) is 3. The van der Waals surface area contributed by atoms with E-state index in [0.717, 1.165) is 33.3 Å². The number of benzene rings is 3. The minimum Gasteiger partial charge on any atom is -0.494 e. The average molecular weight is 626 g/mol. The van der Waals surface area contributed by atoms with Gasteiger partial charge in [-0.25, -0.2) is 9.79 Å². The number of halogens is 1. The number of para-hydroxylation sites is 1. The molecule has 1 atom stereocenters. The highest BCUT2D eigenvalue weighted by molar-refractivity contribution is 7.07. The van der Waals surface area contributed by atoms with E-state index in [4.69, 9.17) is 26.1 Å². The van der Waals surface area contributed by atoms with Crippen molar-refractivity contribution in [3.63, 3.8) is 0 Å². The second kappa shape index (κ2) is 12.3. The molecule has 3 aromatic carbocycles. The molecule has 0 spiro atoms. The normalized spacial score (nSPS) is 14.9. The van der Waals surface area contributed by atoms with Gasteiger partial charge in [0.15, 0.2) is 4.80 Å². The number of esters is 1. The number of thiazole rings is 1. The minimum atomic E-state index is -0.687. The smallest absolute Gasteiger partial charge is 0.338 e.